The summed E-state index contributed by atoms with van der Waals surface area (Å²) in [5, 5.41) is 2.58. The van der Waals surface area contributed by atoms with Gasteiger partial charge in [0.1, 0.15) is 5.82 Å². The van der Waals surface area contributed by atoms with Crippen LogP contribution in [0.4, 0.5) is 10.1 Å². The van der Waals surface area contributed by atoms with Gasteiger partial charge in [-0.1, -0.05) is 6.07 Å². The van der Waals surface area contributed by atoms with E-state index in [1.54, 1.807) is 18.3 Å². The number of amides is 1. The summed E-state index contributed by atoms with van der Waals surface area (Å²) in [5.74, 6) is -0.687. The lowest BCUT2D eigenvalue weighted by molar-refractivity contribution is -0.116. The van der Waals surface area contributed by atoms with E-state index in [0.29, 0.717) is 5.69 Å². The Bertz CT molecular complexity index is 685. The monoisotopic (exact) mass is 338 g/mol. The fourth-order valence-corrected chi connectivity index (χ4v) is 2.07. The molecule has 0 aliphatic carbocycles. The summed E-state index contributed by atoms with van der Waals surface area (Å²) >= 11 is 3.26. The molecule has 0 unspecified atom stereocenters. The van der Waals surface area contributed by atoms with Crippen molar-refractivity contribution in [3.8, 4) is 0 Å². The van der Waals surface area contributed by atoms with Crippen molar-refractivity contribution in [1.82, 2.24) is 4.57 Å². The topological polar surface area (TPSA) is 51.1 Å². The maximum atomic E-state index is 13.0. The number of hydrogen-bond acceptors (Lipinski definition) is 2. The molecule has 1 amide bonds. The second kappa shape index (κ2) is 6.47. The van der Waals surface area contributed by atoms with Crippen LogP contribution in [-0.4, -0.2) is 10.5 Å². The fourth-order valence-electron chi connectivity index (χ4n) is 1.69. The SMILES string of the molecule is O=C(CCn1cc(Br)ccc1=O)Nc1cccc(F)c1. The Kier molecular flexibility index (Phi) is 4.68. The van der Waals surface area contributed by atoms with Gasteiger partial charge in [0.25, 0.3) is 5.56 Å². The Morgan fingerprint density at radius 2 is 2.10 bits per heavy atom. The first kappa shape index (κ1) is 14.5. The number of carbonyl (C=O) groups excluding carboxylic acids is 1. The summed E-state index contributed by atoms with van der Waals surface area (Å²) < 4.78 is 15.2. The van der Waals surface area contributed by atoms with Crippen molar-refractivity contribution in [1.29, 1.82) is 0 Å². The van der Waals surface area contributed by atoms with Gasteiger partial charge < -0.3 is 9.88 Å². The molecule has 104 valence electrons. The Hall–Kier alpha value is -1.95. The molecule has 4 nitrogen and oxygen atoms in total. The van der Waals surface area contributed by atoms with E-state index >= 15 is 0 Å². The van der Waals surface area contributed by atoms with E-state index in [0.717, 1.165) is 4.47 Å². The van der Waals surface area contributed by atoms with Crippen LogP contribution in [-0.2, 0) is 11.3 Å². The van der Waals surface area contributed by atoms with Gasteiger partial charge in [0.05, 0.1) is 0 Å². The average Bonchev–Trinajstić information content (AvgIpc) is 2.40. The van der Waals surface area contributed by atoms with Gasteiger partial charge in [0.2, 0.25) is 5.91 Å². The zero-order valence-electron chi connectivity index (χ0n) is 10.5. The molecule has 2 rings (SSSR count). The maximum absolute atomic E-state index is 13.0. The van der Waals surface area contributed by atoms with Crippen molar-refractivity contribution in [2.45, 2.75) is 13.0 Å². The van der Waals surface area contributed by atoms with Crippen LogP contribution in [0.1, 0.15) is 6.42 Å². The fraction of sp³-hybridized carbons (Fsp3) is 0.143. The number of nitrogens with zero attached hydrogens (tertiary/aromatic N) is 1. The lowest BCUT2D eigenvalue weighted by atomic mass is 10.3. The number of halogens is 2. The third kappa shape index (κ3) is 4.03. The number of rotatable bonds is 4. The Morgan fingerprint density at radius 1 is 1.30 bits per heavy atom. The van der Waals surface area contributed by atoms with Gasteiger partial charge >= 0.3 is 0 Å². The van der Waals surface area contributed by atoms with Gasteiger partial charge in [0, 0.05) is 35.4 Å². The first-order chi connectivity index (χ1) is 9.54. The average molecular weight is 339 g/mol. The molecule has 1 aromatic carbocycles. The van der Waals surface area contributed by atoms with Gasteiger partial charge in [-0.3, -0.25) is 9.59 Å². The summed E-state index contributed by atoms with van der Waals surface area (Å²) in [7, 11) is 0. The summed E-state index contributed by atoms with van der Waals surface area (Å²) in [4.78, 5) is 23.3. The number of benzene rings is 1. The highest BCUT2D eigenvalue weighted by Gasteiger charge is 2.05. The predicted molar refractivity (Wildman–Crippen MR) is 78.0 cm³/mol. The molecule has 6 heteroatoms. The molecule has 0 atom stereocenters. The molecule has 0 saturated heterocycles. The highest BCUT2D eigenvalue weighted by Crippen LogP contribution is 2.10. The second-order valence-electron chi connectivity index (χ2n) is 4.19. The van der Waals surface area contributed by atoms with Crippen LogP contribution in [0.5, 0.6) is 0 Å². The van der Waals surface area contributed by atoms with E-state index in [1.165, 1.54) is 28.8 Å². The van der Waals surface area contributed by atoms with Gasteiger partial charge in [0.15, 0.2) is 0 Å². The molecular weight excluding hydrogens is 327 g/mol. The second-order valence-corrected chi connectivity index (χ2v) is 5.10. The Labute approximate surface area is 123 Å². The molecule has 1 heterocycles. The van der Waals surface area contributed by atoms with E-state index in [-0.39, 0.29) is 24.4 Å². The number of pyridine rings is 1. The van der Waals surface area contributed by atoms with Gasteiger partial charge in [-0.25, -0.2) is 4.39 Å². The minimum Gasteiger partial charge on any atom is -0.326 e. The summed E-state index contributed by atoms with van der Waals surface area (Å²) in [6, 6.07) is 8.73. The zero-order chi connectivity index (χ0) is 14.5. The van der Waals surface area contributed by atoms with Crippen LogP contribution in [0.3, 0.4) is 0 Å². The molecule has 1 N–H and O–H groups in total. The van der Waals surface area contributed by atoms with Crippen LogP contribution >= 0.6 is 15.9 Å². The van der Waals surface area contributed by atoms with Crippen molar-refractivity contribution in [3.63, 3.8) is 0 Å². The summed E-state index contributed by atoms with van der Waals surface area (Å²) in [6.07, 6.45) is 1.75. The molecule has 0 saturated carbocycles. The molecular formula is C14H12BrFN2O2. The quantitative estimate of drug-likeness (QED) is 0.931. The molecule has 2 aromatic rings. The lowest BCUT2D eigenvalue weighted by Gasteiger charge is -2.07. The summed E-state index contributed by atoms with van der Waals surface area (Å²) in [5.41, 5.74) is 0.225. The number of nitrogens with one attached hydrogen (secondary N) is 1. The number of aryl methyl sites for hydroxylation is 1. The number of aromatic nitrogens is 1. The van der Waals surface area contributed by atoms with E-state index in [1.807, 2.05) is 0 Å². The molecule has 0 aliphatic rings. The molecule has 0 fully saturated rings. The first-order valence-corrected chi connectivity index (χ1v) is 6.75. The van der Waals surface area contributed by atoms with Crippen LogP contribution in [0.25, 0.3) is 0 Å². The highest BCUT2D eigenvalue weighted by molar-refractivity contribution is 9.10. The first-order valence-electron chi connectivity index (χ1n) is 5.96. The Morgan fingerprint density at radius 3 is 2.85 bits per heavy atom. The van der Waals surface area contributed by atoms with E-state index in [9.17, 15) is 14.0 Å². The minimum atomic E-state index is -0.411. The van der Waals surface area contributed by atoms with E-state index < -0.39 is 5.82 Å². The van der Waals surface area contributed by atoms with Gasteiger partial charge in [-0.05, 0) is 40.2 Å². The molecule has 1 aromatic heterocycles. The lowest BCUT2D eigenvalue weighted by Crippen LogP contribution is -2.22. The summed E-state index contributed by atoms with van der Waals surface area (Å²) in [6.45, 7) is 0.263. The number of hydrogen-bond donors (Lipinski definition) is 1. The number of carbonyl (C=O) groups is 1. The van der Waals surface area contributed by atoms with E-state index in [2.05, 4.69) is 21.2 Å². The van der Waals surface area contributed by atoms with Crippen molar-refractivity contribution < 1.29 is 9.18 Å². The third-order valence-electron chi connectivity index (χ3n) is 2.64. The van der Waals surface area contributed by atoms with Crippen molar-refractivity contribution in [2.75, 3.05) is 5.32 Å². The van der Waals surface area contributed by atoms with Crippen LogP contribution < -0.4 is 10.9 Å². The van der Waals surface area contributed by atoms with Crippen LogP contribution in [0.15, 0.2) is 51.9 Å². The largest absolute Gasteiger partial charge is 0.326 e. The molecule has 0 aliphatic heterocycles. The molecule has 0 radical (unpaired) electrons. The normalized spacial score (nSPS) is 10.3. The third-order valence-corrected chi connectivity index (χ3v) is 3.10. The van der Waals surface area contributed by atoms with Crippen LogP contribution in [0.2, 0.25) is 0 Å². The predicted octanol–water partition coefficient (Wildman–Crippen LogP) is 2.78. The minimum absolute atomic E-state index is 0.132. The highest BCUT2D eigenvalue weighted by atomic mass is 79.9. The zero-order valence-corrected chi connectivity index (χ0v) is 12.1. The van der Waals surface area contributed by atoms with Crippen molar-refractivity contribution in [2.24, 2.45) is 0 Å². The van der Waals surface area contributed by atoms with Crippen molar-refractivity contribution >= 4 is 27.5 Å². The molecule has 20 heavy (non-hydrogen) atoms. The Balaban J connectivity index is 1.95. The smallest absolute Gasteiger partial charge is 0.250 e. The van der Waals surface area contributed by atoms with Crippen molar-refractivity contribution in [3.05, 3.63) is 63.2 Å². The maximum Gasteiger partial charge on any atom is 0.250 e. The van der Waals surface area contributed by atoms with Crippen LogP contribution in [0, 0.1) is 5.82 Å². The van der Waals surface area contributed by atoms with Gasteiger partial charge in [-0.15, -0.1) is 0 Å². The number of anilines is 1. The van der Waals surface area contributed by atoms with E-state index in [4.69, 9.17) is 0 Å². The standard InChI is InChI=1S/C14H12BrFN2O2/c15-10-4-5-14(20)18(9-10)7-6-13(19)17-12-3-1-2-11(16)8-12/h1-5,8-9H,6-7H2,(H,17,19). The van der Waals surface area contributed by atoms with Gasteiger partial charge in [-0.2, -0.15) is 0 Å². The molecule has 0 spiro atoms. The molecule has 0 bridgehead atoms.